The van der Waals surface area contributed by atoms with E-state index in [0.29, 0.717) is 21.6 Å². The lowest BCUT2D eigenvalue weighted by molar-refractivity contribution is 0.974. The molecule has 0 saturated heterocycles. The van der Waals surface area contributed by atoms with Crippen molar-refractivity contribution in [2.24, 2.45) is 10.2 Å². The summed E-state index contributed by atoms with van der Waals surface area (Å²) in [5, 5.41) is 14.8. The second kappa shape index (κ2) is 9.34. The second-order valence-corrected chi connectivity index (χ2v) is 5.53. The number of nitrogens with zero attached hydrogens (tertiary/aromatic N) is 2. The number of anilines is 1. The summed E-state index contributed by atoms with van der Waals surface area (Å²) in [5.74, 6) is 0. The van der Waals surface area contributed by atoms with Crippen molar-refractivity contribution >= 4 is 64.4 Å². The summed E-state index contributed by atoms with van der Waals surface area (Å²) >= 11 is 14.3. The molecule has 4 N–H and O–H groups in total. The van der Waals surface area contributed by atoms with Crippen LogP contribution in [-0.4, -0.2) is 28.7 Å². The summed E-state index contributed by atoms with van der Waals surface area (Å²) in [6.07, 6.45) is 0. The number of hydrogen-bond donors (Lipinski definition) is 5. The summed E-state index contributed by atoms with van der Waals surface area (Å²) < 4.78 is 0. The van der Waals surface area contributed by atoms with Gasteiger partial charge in [-0.2, -0.15) is 10.2 Å². The van der Waals surface area contributed by atoms with Crippen molar-refractivity contribution in [3.05, 3.63) is 24.3 Å². The lowest BCUT2D eigenvalue weighted by Crippen LogP contribution is -2.30. The van der Waals surface area contributed by atoms with Crippen molar-refractivity contribution in [3.63, 3.8) is 0 Å². The van der Waals surface area contributed by atoms with Crippen LogP contribution in [0.1, 0.15) is 13.8 Å². The van der Waals surface area contributed by atoms with Gasteiger partial charge in [0.05, 0.1) is 11.4 Å². The maximum absolute atomic E-state index is 5.16. The van der Waals surface area contributed by atoms with Gasteiger partial charge in [-0.15, -0.1) is 12.6 Å². The number of benzene rings is 1. The monoisotopic (exact) mass is 354 g/mol. The van der Waals surface area contributed by atoms with Gasteiger partial charge in [0.25, 0.3) is 0 Å². The molecule has 118 valence electrons. The SMILES string of the molecule is CNC(=S)N/N=C(C)/C(C)=N/NC(=S)Nc1ccc(S)cc1. The number of hydrazone groups is 2. The van der Waals surface area contributed by atoms with Crippen LogP contribution in [0.2, 0.25) is 0 Å². The van der Waals surface area contributed by atoms with E-state index in [1.807, 2.05) is 38.1 Å². The van der Waals surface area contributed by atoms with E-state index in [1.54, 1.807) is 7.05 Å². The molecule has 22 heavy (non-hydrogen) atoms. The summed E-state index contributed by atoms with van der Waals surface area (Å²) in [6, 6.07) is 7.50. The molecule has 1 rings (SSSR count). The molecule has 0 heterocycles. The van der Waals surface area contributed by atoms with Gasteiger partial charge in [0.15, 0.2) is 10.2 Å². The van der Waals surface area contributed by atoms with E-state index in [-0.39, 0.29) is 0 Å². The van der Waals surface area contributed by atoms with Gasteiger partial charge in [-0.05, 0) is 62.5 Å². The van der Waals surface area contributed by atoms with E-state index in [9.17, 15) is 0 Å². The van der Waals surface area contributed by atoms with E-state index in [1.165, 1.54) is 0 Å². The van der Waals surface area contributed by atoms with Crippen molar-refractivity contribution in [1.82, 2.24) is 16.2 Å². The van der Waals surface area contributed by atoms with Gasteiger partial charge in [0.1, 0.15) is 0 Å². The van der Waals surface area contributed by atoms with Crippen LogP contribution >= 0.6 is 37.1 Å². The Morgan fingerprint density at radius 1 is 0.955 bits per heavy atom. The van der Waals surface area contributed by atoms with E-state index >= 15 is 0 Å². The van der Waals surface area contributed by atoms with Crippen molar-refractivity contribution in [2.75, 3.05) is 12.4 Å². The molecule has 0 radical (unpaired) electrons. The fourth-order valence-electron chi connectivity index (χ4n) is 1.19. The summed E-state index contributed by atoms with van der Waals surface area (Å²) in [4.78, 5) is 0.886. The lowest BCUT2D eigenvalue weighted by Gasteiger charge is -2.08. The van der Waals surface area contributed by atoms with Crippen LogP contribution < -0.4 is 21.5 Å². The minimum absolute atomic E-state index is 0.387. The minimum Gasteiger partial charge on any atom is -0.364 e. The normalized spacial score (nSPS) is 11.6. The van der Waals surface area contributed by atoms with Crippen LogP contribution in [0.25, 0.3) is 0 Å². The highest BCUT2D eigenvalue weighted by atomic mass is 32.1. The van der Waals surface area contributed by atoms with Gasteiger partial charge < -0.3 is 10.6 Å². The maximum atomic E-state index is 5.16. The summed E-state index contributed by atoms with van der Waals surface area (Å²) in [7, 11) is 1.72. The Morgan fingerprint density at radius 3 is 1.95 bits per heavy atom. The van der Waals surface area contributed by atoms with E-state index in [2.05, 4.69) is 44.3 Å². The molecule has 0 unspecified atom stereocenters. The zero-order valence-corrected chi connectivity index (χ0v) is 15.0. The summed E-state index contributed by atoms with van der Waals surface area (Å²) in [5.41, 5.74) is 7.68. The zero-order chi connectivity index (χ0) is 16.5. The Bertz CT molecular complexity index is 594. The topological polar surface area (TPSA) is 72.8 Å². The number of thiol groups is 1. The summed E-state index contributed by atoms with van der Waals surface area (Å²) in [6.45, 7) is 3.63. The van der Waals surface area contributed by atoms with Crippen molar-refractivity contribution in [1.29, 1.82) is 0 Å². The van der Waals surface area contributed by atoms with Gasteiger partial charge in [0.2, 0.25) is 0 Å². The van der Waals surface area contributed by atoms with E-state index in [0.717, 1.165) is 10.6 Å². The highest BCUT2D eigenvalue weighted by Gasteiger charge is 2.00. The third-order valence-electron chi connectivity index (χ3n) is 2.53. The van der Waals surface area contributed by atoms with Crippen molar-refractivity contribution in [2.45, 2.75) is 18.7 Å². The van der Waals surface area contributed by atoms with Crippen molar-refractivity contribution < 1.29 is 0 Å². The third-order valence-corrected chi connectivity index (χ3v) is 3.31. The minimum atomic E-state index is 0.387. The Morgan fingerprint density at radius 2 is 1.45 bits per heavy atom. The molecule has 0 fully saturated rings. The van der Waals surface area contributed by atoms with Crippen LogP contribution in [0.4, 0.5) is 5.69 Å². The Kier molecular flexibility index (Phi) is 7.78. The maximum Gasteiger partial charge on any atom is 0.191 e. The van der Waals surface area contributed by atoms with Crippen LogP contribution in [0.15, 0.2) is 39.4 Å². The molecule has 0 saturated carbocycles. The predicted octanol–water partition coefficient (Wildman–Crippen LogP) is 2.11. The molecule has 0 aliphatic heterocycles. The van der Waals surface area contributed by atoms with Crippen LogP contribution in [-0.2, 0) is 0 Å². The molecule has 0 spiro atoms. The Balaban J connectivity index is 2.53. The molecule has 1 aromatic rings. The highest BCUT2D eigenvalue weighted by Crippen LogP contribution is 2.11. The van der Waals surface area contributed by atoms with E-state index < -0.39 is 0 Å². The molecule has 1 aromatic carbocycles. The Labute approximate surface area is 146 Å². The molecular formula is C13H18N6S3. The van der Waals surface area contributed by atoms with Crippen LogP contribution in [0.5, 0.6) is 0 Å². The molecule has 0 aliphatic carbocycles. The second-order valence-electron chi connectivity index (χ2n) is 4.20. The van der Waals surface area contributed by atoms with Gasteiger partial charge in [-0.25, -0.2) is 0 Å². The molecule has 0 bridgehead atoms. The van der Waals surface area contributed by atoms with Crippen LogP contribution in [0, 0.1) is 0 Å². The average Bonchev–Trinajstić information content (AvgIpc) is 2.52. The fraction of sp³-hybridized carbons (Fsp3) is 0.231. The van der Waals surface area contributed by atoms with Gasteiger partial charge in [-0.3, -0.25) is 10.9 Å². The molecule has 6 nitrogen and oxygen atoms in total. The van der Waals surface area contributed by atoms with Gasteiger partial charge in [-0.1, -0.05) is 0 Å². The first-order valence-electron chi connectivity index (χ1n) is 6.35. The first kappa shape index (κ1) is 18.3. The van der Waals surface area contributed by atoms with Gasteiger partial charge in [0, 0.05) is 17.6 Å². The Hall–Kier alpha value is -1.71. The molecule has 0 amide bonds. The zero-order valence-electron chi connectivity index (χ0n) is 12.5. The molecule has 0 atom stereocenters. The molecular weight excluding hydrogens is 336 g/mol. The lowest BCUT2D eigenvalue weighted by atomic mass is 10.3. The fourth-order valence-corrected chi connectivity index (χ4v) is 1.55. The highest BCUT2D eigenvalue weighted by molar-refractivity contribution is 7.80. The standard InChI is InChI=1S/C13H18N6S3/c1-8(16-18-12(21)14-3)9(2)17-19-13(22)15-10-4-6-11(20)7-5-10/h4-7,20H,1-3H3,(H2,14,18,21)(H2,15,19,22)/b16-8+,17-9+. The largest absolute Gasteiger partial charge is 0.364 e. The third kappa shape index (κ3) is 6.83. The van der Waals surface area contributed by atoms with Gasteiger partial charge >= 0.3 is 0 Å². The first-order valence-corrected chi connectivity index (χ1v) is 7.61. The van der Waals surface area contributed by atoms with Crippen LogP contribution in [0.3, 0.4) is 0 Å². The molecule has 0 aromatic heterocycles. The quantitative estimate of drug-likeness (QED) is 0.247. The predicted molar refractivity (Wildman–Crippen MR) is 104 cm³/mol. The number of thiocarbonyl (C=S) groups is 2. The average molecular weight is 355 g/mol. The van der Waals surface area contributed by atoms with E-state index in [4.69, 9.17) is 24.4 Å². The number of hydrogen-bond acceptors (Lipinski definition) is 5. The smallest absolute Gasteiger partial charge is 0.191 e. The van der Waals surface area contributed by atoms with Crippen molar-refractivity contribution in [3.8, 4) is 0 Å². The first-order chi connectivity index (χ1) is 10.4. The number of rotatable bonds is 4. The number of nitrogens with one attached hydrogen (secondary N) is 4. The molecule has 9 heteroatoms. The molecule has 0 aliphatic rings.